The van der Waals surface area contributed by atoms with Crippen LogP contribution in [-0.4, -0.2) is 104 Å². The van der Waals surface area contributed by atoms with Gasteiger partial charge in [0.15, 0.2) is 0 Å². The smallest absolute Gasteiger partial charge is 0.148 e. The van der Waals surface area contributed by atoms with Gasteiger partial charge in [-0.1, -0.05) is 62.3 Å². The monoisotopic (exact) mass is 620 g/mol. The van der Waals surface area contributed by atoms with Crippen LogP contribution < -0.4 is 0 Å². The number of carbonyl (C=O) groups excluding carboxylic acids is 1. The molecule has 0 saturated carbocycles. The first-order valence-corrected chi connectivity index (χ1v) is 17.6. The third kappa shape index (κ3) is 20.7. The van der Waals surface area contributed by atoms with Crippen LogP contribution in [-0.2, 0) is 14.3 Å². The third-order valence-corrected chi connectivity index (χ3v) is 8.59. The van der Waals surface area contributed by atoms with Crippen molar-refractivity contribution in [1.29, 1.82) is 0 Å². The molecule has 9 heteroatoms. The second-order valence-corrected chi connectivity index (χ2v) is 14.5. The van der Waals surface area contributed by atoms with Gasteiger partial charge >= 0.3 is 0 Å². The van der Waals surface area contributed by atoms with E-state index in [1.54, 1.807) is 18.9 Å². The van der Waals surface area contributed by atoms with Crippen molar-refractivity contribution in [3.63, 3.8) is 0 Å². The maximum absolute atomic E-state index is 11.1. The standard InChI is InChI=1S/C9H20N2S.C9H20N2.C7H14O2.C7H14OS/c1-7(2)9(8(3)12-6)10-11(4)5;1-7(2)9(8(3)4)10-11(5)6;1-4-7(5-9-7)6(2)8-3;1-5(2)7(8)6(3)9-4/h7-8H,1-6H3;7-8H,1-6H3;6H,4-5H2,1-3H3;5-6H,1-4H3/b10-9+;;;. The highest BCUT2D eigenvalue weighted by Gasteiger charge is 2.48. The molecule has 1 heterocycles. The van der Waals surface area contributed by atoms with Crippen molar-refractivity contribution < 1.29 is 14.3 Å². The fourth-order valence-corrected chi connectivity index (χ4v) is 4.83. The van der Waals surface area contributed by atoms with E-state index in [2.05, 4.69) is 78.8 Å². The molecule has 246 valence electrons. The second kappa shape index (κ2) is 23.7. The molecule has 0 aliphatic carbocycles. The van der Waals surface area contributed by atoms with Crippen LogP contribution in [0.4, 0.5) is 0 Å². The number of epoxide rings is 1. The first kappa shape index (κ1) is 44.7. The maximum Gasteiger partial charge on any atom is 0.148 e. The normalized spacial score (nSPS) is 18.3. The summed E-state index contributed by atoms with van der Waals surface area (Å²) in [6.07, 6.45) is 5.40. The molecule has 0 aromatic heterocycles. The van der Waals surface area contributed by atoms with E-state index in [-0.39, 0.29) is 22.9 Å². The van der Waals surface area contributed by atoms with Crippen LogP contribution in [0.25, 0.3) is 0 Å². The summed E-state index contributed by atoms with van der Waals surface area (Å²) < 4.78 is 10.4. The van der Waals surface area contributed by atoms with Gasteiger partial charge in [0.2, 0.25) is 0 Å². The van der Waals surface area contributed by atoms with Gasteiger partial charge in [0.05, 0.1) is 23.7 Å². The maximum atomic E-state index is 11.1. The Morgan fingerprint density at radius 2 is 1.12 bits per heavy atom. The summed E-state index contributed by atoms with van der Waals surface area (Å²) in [6.45, 7) is 26.2. The molecule has 0 radical (unpaired) electrons. The molecule has 4 atom stereocenters. The van der Waals surface area contributed by atoms with Crippen molar-refractivity contribution >= 4 is 40.7 Å². The summed E-state index contributed by atoms with van der Waals surface area (Å²) >= 11 is 3.46. The zero-order chi connectivity index (χ0) is 33.1. The molecule has 0 N–H and O–H groups in total. The first-order chi connectivity index (χ1) is 18.8. The number of ether oxygens (including phenoxy) is 2. The molecule has 41 heavy (non-hydrogen) atoms. The lowest BCUT2D eigenvalue weighted by Gasteiger charge is -2.18. The van der Waals surface area contributed by atoms with Gasteiger partial charge in [-0.15, -0.1) is 0 Å². The molecular weight excluding hydrogens is 553 g/mol. The molecule has 0 bridgehead atoms. The summed E-state index contributed by atoms with van der Waals surface area (Å²) in [7, 11) is 9.59. The van der Waals surface area contributed by atoms with Crippen LogP contribution in [0.3, 0.4) is 0 Å². The van der Waals surface area contributed by atoms with Crippen molar-refractivity contribution in [2.75, 3.05) is 54.4 Å². The predicted molar refractivity (Wildman–Crippen MR) is 188 cm³/mol. The van der Waals surface area contributed by atoms with Crippen LogP contribution in [0.5, 0.6) is 0 Å². The fourth-order valence-electron chi connectivity index (χ4n) is 3.77. The van der Waals surface area contributed by atoms with Crippen LogP contribution in [0.2, 0.25) is 0 Å². The number of hydrazone groups is 2. The molecule has 4 unspecified atom stereocenters. The Balaban J connectivity index is -0.000000473. The Kier molecular flexibility index (Phi) is 25.8. The number of carbonyl (C=O) groups is 1. The van der Waals surface area contributed by atoms with Gasteiger partial charge in [-0.25, -0.2) is 0 Å². The van der Waals surface area contributed by atoms with Crippen molar-refractivity contribution in [3.05, 3.63) is 0 Å². The van der Waals surface area contributed by atoms with Gasteiger partial charge in [0.25, 0.3) is 0 Å². The highest BCUT2D eigenvalue weighted by Crippen LogP contribution is 2.35. The molecule has 0 aromatic carbocycles. The molecule has 7 nitrogen and oxygen atoms in total. The van der Waals surface area contributed by atoms with E-state index in [0.717, 1.165) is 13.0 Å². The lowest BCUT2D eigenvalue weighted by atomic mass is 9.98. The molecule has 1 aliphatic heterocycles. The summed E-state index contributed by atoms with van der Waals surface area (Å²) in [4.78, 5) is 11.1. The Morgan fingerprint density at radius 1 is 0.756 bits per heavy atom. The van der Waals surface area contributed by atoms with E-state index in [0.29, 0.717) is 28.8 Å². The summed E-state index contributed by atoms with van der Waals surface area (Å²) in [6, 6.07) is 0. The highest BCUT2D eigenvalue weighted by molar-refractivity contribution is 8.00. The van der Waals surface area contributed by atoms with E-state index in [1.807, 2.05) is 77.0 Å². The van der Waals surface area contributed by atoms with E-state index in [9.17, 15) is 4.79 Å². The summed E-state index contributed by atoms with van der Waals surface area (Å²) in [5.41, 5.74) is 2.62. The number of nitrogens with zero attached hydrogens (tertiary/aromatic N) is 4. The lowest BCUT2D eigenvalue weighted by molar-refractivity contribution is -0.121. The Morgan fingerprint density at radius 3 is 1.27 bits per heavy atom. The quantitative estimate of drug-likeness (QED) is 0.119. The molecule has 1 rings (SSSR count). The van der Waals surface area contributed by atoms with Crippen molar-refractivity contribution in [2.24, 2.45) is 33.9 Å². The average molecular weight is 621 g/mol. The first-order valence-electron chi connectivity index (χ1n) is 15.1. The van der Waals surface area contributed by atoms with Gasteiger partial charge in [-0.2, -0.15) is 33.7 Å². The molecule has 0 aromatic rings. The van der Waals surface area contributed by atoms with E-state index in [4.69, 9.17) is 9.47 Å². The van der Waals surface area contributed by atoms with Crippen molar-refractivity contribution in [3.8, 4) is 0 Å². The Hall–Kier alpha value is -0.770. The van der Waals surface area contributed by atoms with Crippen LogP contribution in [0, 0.1) is 23.7 Å². The number of hydrogen-bond donors (Lipinski definition) is 0. The van der Waals surface area contributed by atoms with Gasteiger partial charge in [0, 0.05) is 52.2 Å². The van der Waals surface area contributed by atoms with Gasteiger partial charge in [-0.3, -0.25) is 4.79 Å². The summed E-state index contributed by atoms with van der Waals surface area (Å²) in [5, 5.41) is 13.3. The van der Waals surface area contributed by atoms with Crippen LogP contribution in [0.15, 0.2) is 10.2 Å². The highest BCUT2D eigenvalue weighted by atomic mass is 32.2. The number of rotatable bonds is 13. The van der Waals surface area contributed by atoms with E-state index < -0.39 is 0 Å². The van der Waals surface area contributed by atoms with E-state index >= 15 is 0 Å². The zero-order valence-corrected chi connectivity index (χ0v) is 31.9. The minimum Gasteiger partial charge on any atom is -0.379 e. The van der Waals surface area contributed by atoms with Crippen LogP contribution in [0.1, 0.15) is 89.5 Å². The lowest BCUT2D eigenvalue weighted by Crippen LogP contribution is -2.27. The Bertz CT molecular complexity index is 724. The molecule has 1 fully saturated rings. The fraction of sp³-hybridized carbons (Fsp3) is 0.906. The number of hydrogen-bond acceptors (Lipinski definition) is 9. The number of ketones is 1. The average Bonchev–Trinajstić information content (AvgIpc) is 3.70. The number of Topliss-reactive ketones (excluding diaryl/α,β-unsaturated/α-hetero) is 1. The van der Waals surface area contributed by atoms with Crippen molar-refractivity contribution in [2.45, 2.75) is 112 Å². The third-order valence-electron chi connectivity index (χ3n) is 6.71. The minimum absolute atomic E-state index is 0.0781. The molecular formula is C32H68N4O3S2. The van der Waals surface area contributed by atoms with Gasteiger partial charge < -0.3 is 19.5 Å². The largest absolute Gasteiger partial charge is 0.379 e. The Labute approximate surface area is 264 Å². The minimum atomic E-state index is 0.0781. The number of methoxy groups -OCH3 is 1. The van der Waals surface area contributed by atoms with Crippen molar-refractivity contribution in [1.82, 2.24) is 10.0 Å². The SMILES string of the molecule is CC(C)C(=NN(C)C)C(C)C.CCC1(C(C)OC)CO1.CSC(C)/C(=N/N(C)C)C(C)C.CSC(C)C(=O)C(C)C. The van der Waals surface area contributed by atoms with Gasteiger partial charge in [0.1, 0.15) is 11.4 Å². The molecule has 1 saturated heterocycles. The predicted octanol–water partition coefficient (Wildman–Crippen LogP) is 7.69. The summed E-state index contributed by atoms with van der Waals surface area (Å²) in [5.74, 6) is 2.18. The zero-order valence-electron chi connectivity index (χ0n) is 30.3. The van der Waals surface area contributed by atoms with E-state index in [1.165, 1.54) is 11.4 Å². The topological polar surface area (TPSA) is 70.0 Å². The van der Waals surface area contributed by atoms with Gasteiger partial charge in [-0.05, 0) is 57.5 Å². The second-order valence-electron chi connectivity index (χ2n) is 12.1. The molecule has 1 aliphatic rings. The molecule has 0 spiro atoms. The van der Waals surface area contributed by atoms with Crippen LogP contribution >= 0.6 is 23.5 Å². The number of thioether (sulfide) groups is 2. The molecule has 0 amide bonds.